The van der Waals surface area contributed by atoms with E-state index in [0.717, 1.165) is 36.8 Å². The Hall–Kier alpha value is -2.27. The zero-order chi connectivity index (χ0) is 18.9. The van der Waals surface area contributed by atoms with E-state index in [1.807, 2.05) is 23.7 Å². The van der Waals surface area contributed by atoms with Crippen molar-refractivity contribution in [3.63, 3.8) is 0 Å². The molecule has 5 nitrogen and oxygen atoms in total. The third-order valence-electron chi connectivity index (χ3n) is 4.58. The molecule has 0 amide bonds. The van der Waals surface area contributed by atoms with Crippen LogP contribution in [0, 0.1) is 6.92 Å². The monoisotopic (exact) mass is 358 g/mol. The Morgan fingerprint density at radius 3 is 2.42 bits per heavy atom. The predicted molar refractivity (Wildman–Crippen MR) is 103 cm³/mol. The summed E-state index contributed by atoms with van der Waals surface area (Å²) in [5, 5.41) is 0. The number of hydrogen-bond donors (Lipinski definition) is 0. The van der Waals surface area contributed by atoms with Crippen molar-refractivity contribution < 1.29 is 14.3 Å². The summed E-state index contributed by atoms with van der Waals surface area (Å²) in [4.78, 5) is 14.3. The number of carbonyl (C=O) groups excluding carboxylic acids is 1. The van der Waals surface area contributed by atoms with E-state index in [-0.39, 0.29) is 12.4 Å². The van der Waals surface area contributed by atoms with E-state index < -0.39 is 0 Å². The van der Waals surface area contributed by atoms with Gasteiger partial charge in [0.2, 0.25) is 0 Å². The van der Waals surface area contributed by atoms with E-state index >= 15 is 0 Å². The summed E-state index contributed by atoms with van der Waals surface area (Å²) < 4.78 is 13.1. The van der Waals surface area contributed by atoms with Crippen molar-refractivity contribution in [2.24, 2.45) is 7.05 Å². The van der Waals surface area contributed by atoms with Crippen LogP contribution in [0.2, 0.25) is 0 Å². The molecule has 142 valence electrons. The number of carbonyl (C=O) groups is 1. The van der Waals surface area contributed by atoms with E-state index in [9.17, 15) is 4.79 Å². The fourth-order valence-electron chi connectivity index (χ4n) is 2.72. The Morgan fingerprint density at radius 1 is 1.08 bits per heavy atom. The van der Waals surface area contributed by atoms with Gasteiger partial charge in [-0.05, 0) is 31.6 Å². The molecule has 0 aliphatic carbocycles. The molecule has 0 atom stereocenters. The molecule has 0 radical (unpaired) electrons. The van der Waals surface area contributed by atoms with E-state index in [4.69, 9.17) is 9.47 Å². The fraction of sp³-hybridized carbons (Fsp3) is 0.476. The quantitative estimate of drug-likeness (QED) is 0.611. The first-order valence-electron chi connectivity index (χ1n) is 9.24. The zero-order valence-electron chi connectivity index (χ0n) is 16.3. The first-order chi connectivity index (χ1) is 12.5. The SMILES string of the molecule is CCN(CC)CCOC(=O)Cc1ccc(OCc2ccc(C)cc2)n1C. The maximum absolute atomic E-state index is 12.0. The van der Waals surface area contributed by atoms with Gasteiger partial charge in [0.15, 0.2) is 5.88 Å². The number of aromatic nitrogens is 1. The van der Waals surface area contributed by atoms with E-state index in [2.05, 4.69) is 49.9 Å². The first kappa shape index (κ1) is 20.0. The van der Waals surface area contributed by atoms with Crippen LogP contribution in [0.3, 0.4) is 0 Å². The molecule has 26 heavy (non-hydrogen) atoms. The van der Waals surface area contributed by atoms with Crippen LogP contribution in [0.25, 0.3) is 0 Å². The van der Waals surface area contributed by atoms with Crippen molar-refractivity contribution in [1.82, 2.24) is 9.47 Å². The Morgan fingerprint density at radius 2 is 1.77 bits per heavy atom. The molecule has 1 aromatic carbocycles. The van der Waals surface area contributed by atoms with Crippen LogP contribution in [-0.4, -0.2) is 41.7 Å². The molecule has 0 spiro atoms. The lowest BCUT2D eigenvalue weighted by molar-refractivity contribution is -0.143. The first-order valence-corrected chi connectivity index (χ1v) is 9.24. The topological polar surface area (TPSA) is 43.7 Å². The van der Waals surface area contributed by atoms with Gasteiger partial charge in [0.05, 0.1) is 6.42 Å². The Labute approximate surface area is 156 Å². The van der Waals surface area contributed by atoms with Gasteiger partial charge in [-0.15, -0.1) is 0 Å². The molecule has 0 fully saturated rings. The predicted octanol–water partition coefficient (Wildman–Crippen LogP) is 3.34. The number of benzene rings is 1. The Balaban J connectivity index is 1.82. The summed E-state index contributed by atoms with van der Waals surface area (Å²) >= 11 is 0. The number of hydrogen-bond acceptors (Lipinski definition) is 4. The van der Waals surface area contributed by atoms with Crippen LogP contribution >= 0.6 is 0 Å². The van der Waals surface area contributed by atoms with Crippen LogP contribution in [0.5, 0.6) is 5.88 Å². The number of esters is 1. The number of aryl methyl sites for hydroxylation is 1. The number of nitrogens with zero attached hydrogens (tertiary/aromatic N) is 2. The van der Waals surface area contributed by atoms with Gasteiger partial charge < -0.3 is 18.9 Å². The molecule has 0 saturated carbocycles. The smallest absolute Gasteiger partial charge is 0.311 e. The molecule has 0 unspecified atom stereocenters. The van der Waals surface area contributed by atoms with Crippen LogP contribution in [0.1, 0.15) is 30.7 Å². The van der Waals surface area contributed by atoms with E-state index in [1.165, 1.54) is 5.56 Å². The summed E-state index contributed by atoms with van der Waals surface area (Å²) in [6.07, 6.45) is 0.253. The Bertz CT molecular complexity index is 688. The average molecular weight is 358 g/mol. The van der Waals surface area contributed by atoms with Crippen molar-refractivity contribution in [1.29, 1.82) is 0 Å². The van der Waals surface area contributed by atoms with Gasteiger partial charge in [-0.2, -0.15) is 0 Å². The summed E-state index contributed by atoms with van der Waals surface area (Å²) in [6, 6.07) is 12.1. The summed E-state index contributed by atoms with van der Waals surface area (Å²) in [5.74, 6) is 0.542. The molecule has 1 aromatic heterocycles. The maximum atomic E-state index is 12.0. The zero-order valence-corrected chi connectivity index (χ0v) is 16.3. The number of ether oxygens (including phenoxy) is 2. The summed E-state index contributed by atoms with van der Waals surface area (Å²) in [7, 11) is 1.91. The second-order valence-corrected chi connectivity index (χ2v) is 6.42. The highest BCUT2D eigenvalue weighted by atomic mass is 16.5. The molecule has 2 rings (SSSR count). The highest BCUT2D eigenvalue weighted by molar-refractivity contribution is 5.72. The minimum absolute atomic E-state index is 0.205. The second kappa shape index (κ2) is 10.0. The highest BCUT2D eigenvalue weighted by Gasteiger charge is 2.12. The lowest BCUT2D eigenvalue weighted by Crippen LogP contribution is -2.28. The van der Waals surface area contributed by atoms with Crippen LogP contribution in [0.15, 0.2) is 36.4 Å². The van der Waals surface area contributed by atoms with Crippen LogP contribution in [0.4, 0.5) is 0 Å². The molecule has 5 heteroatoms. The van der Waals surface area contributed by atoms with Gasteiger partial charge >= 0.3 is 5.97 Å². The van der Waals surface area contributed by atoms with E-state index in [0.29, 0.717) is 13.2 Å². The third kappa shape index (κ3) is 5.92. The van der Waals surface area contributed by atoms with Crippen LogP contribution in [-0.2, 0) is 29.6 Å². The average Bonchev–Trinajstić information content (AvgIpc) is 2.98. The molecule has 1 heterocycles. The fourth-order valence-corrected chi connectivity index (χ4v) is 2.72. The Kier molecular flexibility index (Phi) is 7.73. The van der Waals surface area contributed by atoms with Crippen molar-refractivity contribution in [3.05, 3.63) is 53.2 Å². The summed E-state index contributed by atoms with van der Waals surface area (Å²) in [6.45, 7) is 9.92. The van der Waals surface area contributed by atoms with Gasteiger partial charge in [0.25, 0.3) is 0 Å². The molecule has 0 bridgehead atoms. The van der Waals surface area contributed by atoms with Gasteiger partial charge in [-0.1, -0.05) is 43.7 Å². The molecular formula is C21H30N2O3. The van der Waals surface area contributed by atoms with Gasteiger partial charge in [0, 0.05) is 25.4 Å². The normalized spacial score (nSPS) is 11.0. The minimum atomic E-state index is -0.205. The van der Waals surface area contributed by atoms with Crippen molar-refractivity contribution in [2.75, 3.05) is 26.2 Å². The van der Waals surface area contributed by atoms with Crippen LogP contribution < -0.4 is 4.74 Å². The minimum Gasteiger partial charge on any atom is -0.474 e. The number of rotatable bonds is 10. The molecule has 2 aromatic rings. The number of likely N-dealkylation sites (N-methyl/N-ethyl adjacent to an activating group) is 1. The summed E-state index contributed by atoms with van der Waals surface area (Å²) in [5.41, 5.74) is 3.24. The van der Waals surface area contributed by atoms with Crippen molar-refractivity contribution in [2.45, 2.75) is 33.8 Å². The third-order valence-corrected chi connectivity index (χ3v) is 4.58. The highest BCUT2D eigenvalue weighted by Crippen LogP contribution is 2.18. The van der Waals surface area contributed by atoms with Gasteiger partial charge in [-0.25, -0.2) is 0 Å². The molecule has 0 saturated heterocycles. The van der Waals surface area contributed by atoms with Crippen molar-refractivity contribution in [3.8, 4) is 5.88 Å². The second-order valence-electron chi connectivity index (χ2n) is 6.42. The lowest BCUT2D eigenvalue weighted by atomic mass is 10.2. The molecular weight excluding hydrogens is 328 g/mol. The standard InChI is InChI=1S/C21H30N2O3/c1-5-23(6-2)13-14-25-21(24)15-19-11-12-20(22(19)4)26-16-18-9-7-17(3)8-10-18/h7-12H,5-6,13-16H2,1-4H3. The maximum Gasteiger partial charge on any atom is 0.311 e. The lowest BCUT2D eigenvalue weighted by Gasteiger charge is -2.17. The van der Waals surface area contributed by atoms with E-state index in [1.54, 1.807) is 0 Å². The molecule has 0 aliphatic heterocycles. The molecule has 0 N–H and O–H groups in total. The molecule has 0 aliphatic rings. The van der Waals surface area contributed by atoms with Crippen molar-refractivity contribution >= 4 is 5.97 Å². The van der Waals surface area contributed by atoms with Gasteiger partial charge in [0.1, 0.15) is 13.2 Å². The largest absolute Gasteiger partial charge is 0.474 e. The van der Waals surface area contributed by atoms with Gasteiger partial charge in [-0.3, -0.25) is 4.79 Å².